The second kappa shape index (κ2) is 7.95. The molecule has 1 aromatic heterocycles. The van der Waals surface area contributed by atoms with Crippen LogP contribution in [0.3, 0.4) is 0 Å². The molecule has 3 aromatic rings. The van der Waals surface area contributed by atoms with E-state index in [2.05, 4.69) is 58.8 Å². The van der Waals surface area contributed by atoms with E-state index >= 15 is 0 Å². The van der Waals surface area contributed by atoms with E-state index in [9.17, 15) is 4.79 Å². The summed E-state index contributed by atoms with van der Waals surface area (Å²) in [5.74, 6) is 0. The van der Waals surface area contributed by atoms with Crippen LogP contribution in [0.15, 0.2) is 65.5 Å². The molecule has 0 bridgehead atoms. The van der Waals surface area contributed by atoms with Gasteiger partial charge in [-0.25, -0.2) is 0 Å². The Bertz CT molecular complexity index is 897. The highest BCUT2D eigenvalue weighted by molar-refractivity contribution is 5.67. The highest BCUT2D eigenvalue weighted by atomic mass is 16.1. The Morgan fingerprint density at radius 3 is 2.40 bits per heavy atom. The zero-order chi connectivity index (χ0) is 17.6. The van der Waals surface area contributed by atoms with Gasteiger partial charge in [-0.05, 0) is 42.2 Å². The third-order valence-electron chi connectivity index (χ3n) is 4.44. The number of hydrogen-bond acceptors (Lipinski definition) is 2. The molecule has 3 nitrogen and oxygen atoms in total. The second-order valence-electron chi connectivity index (χ2n) is 6.31. The van der Waals surface area contributed by atoms with Crippen molar-refractivity contribution in [2.45, 2.75) is 33.4 Å². The van der Waals surface area contributed by atoms with Gasteiger partial charge in [0.15, 0.2) is 0 Å². The first-order chi connectivity index (χ1) is 12.2. The molecule has 0 aliphatic heterocycles. The molecule has 0 unspecified atom stereocenters. The molecule has 0 aliphatic carbocycles. The molecule has 0 spiro atoms. The van der Waals surface area contributed by atoms with Crippen LogP contribution in [0.1, 0.15) is 29.3 Å². The topological polar surface area (TPSA) is 44.9 Å². The van der Waals surface area contributed by atoms with Crippen molar-refractivity contribution in [3.63, 3.8) is 0 Å². The van der Waals surface area contributed by atoms with Gasteiger partial charge in [0.2, 0.25) is 0 Å². The molecule has 128 valence electrons. The highest BCUT2D eigenvalue weighted by Crippen LogP contribution is 2.23. The van der Waals surface area contributed by atoms with E-state index in [0.717, 1.165) is 41.9 Å². The number of H-pyrrole nitrogens is 1. The molecule has 3 rings (SSSR count). The molecule has 0 aliphatic rings. The minimum Gasteiger partial charge on any atom is -0.326 e. The van der Waals surface area contributed by atoms with Crippen LogP contribution in [0.4, 0.5) is 0 Å². The normalized spacial score (nSPS) is 10.8. The number of rotatable bonds is 6. The van der Waals surface area contributed by atoms with Crippen LogP contribution < -0.4 is 10.9 Å². The predicted molar refractivity (Wildman–Crippen MR) is 104 cm³/mol. The van der Waals surface area contributed by atoms with Crippen LogP contribution >= 0.6 is 0 Å². The molecule has 0 saturated heterocycles. The smallest absolute Gasteiger partial charge is 0.251 e. The Kier molecular flexibility index (Phi) is 5.46. The van der Waals surface area contributed by atoms with Crippen LogP contribution in [0.2, 0.25) is 0 Å². The molecular weight excluding hydrogens is 308 g/mol. The molecule has 1 heterocycles. The third-order valence-corrected chi connectivity index (χ3v) is 4.44. The van der Waals surface area contributed by atoms with Crippen molar-refractivity contribution in [2.75, 3.05) is 0 Å². The molecule has 0 amide bonds. The zero-order valence-corrected chi connectivity index (χ0v) is 14.8. The standard InChI is InChI=1S/C22H24N2O/c1-3-19-13-21(16(2)24-22(19)25)20-11-7-10-18(12-20)15-23-14-17-8-5-4-6-9-17/h4-13,23H,3,14-15H2,1-2H3,(H,24,25). The SMILES string of the molecule is CCc1cc(-c2cccc(CNCc3ccccc3)c2)c(C)[nH]c1=O. The van der Waals surface area contributed by atoms with Gasteiger partial charge in [0.25, 0.3) is 5.56 Å². The van der Waals surface area contributed by atoms with Crippen LogP contribution in [0.5, 0.6) is 0 Å². The second-order valence-corrected chi connectivity index (χ2v) is 6.31. The van der Waals surface area contributed by atoms with Gasteiger partial charge in [0.1, 0.15) is 0 Å². The summed E-state index contributed by atoms with van der Waals surface area (Å²) in [6, 6.07) is 20.9. The van der Waals surface area contributed by atoms with Gasteiger partial charge in [0.05, 0.1) is 0 Å². The fourth-order valence-electron chi connectivity index (χ4n) is 3.02. The lowest BCUT2D eigenvalue weighted by atomic mass is 9.99. The summed E-state index contributed by atoms with van der Waals surface area (Å²) < 4.78 is 0. The summed E-state index contributed by atoms with van der Waals surface area (Å²) in [6.07, 6.45) is 0.737. The summed E-state index contributed by atoms with van der Waals surface area (Å²) in [4.78, 5) is 14.9. The first kappa shape index (κ1) is 17.2. The molecule has 0 atom stereocenters. The maximum atomic E-state index is 11.9. The van der Waals surface area contributed by atoms with E-state index in [1.807, 2.05) is 26.0 Å². The predicted octanol–water partition coefficient (Wildman–Crippen LogP) is 4.20. The van der Waals surface area contributed by atoms with E-state index in [1.54, 1.807) is 0 Å². The minimum absolute atomic E-state index is 0.0180. The molecule has 0 fully saturated rings. The monoisotopic (exact) mass is 332 g/mol. The van der Waals surface area contributed by atoms with Gasteiger partial charge >= 0.3 is 0 Å². The van der Waals surface area contributed by atoms with Crippen molar-refractivity contribution in [2.24, 2.45) is 0 Å². The zero-order valence-electron chi connectivity index (χ0n) is 14.8. The molecule has 0 radical (unpaired) electrons. The van der Waals surface area contributed by atoms with Gasteiger partial charge in [-0.3, -0.25) is 4.79 Å². The van der Waals surface area contributed by atoms with Crippen molar-refractivity contribution in [1.82, 2.24) is 10.3 Å². The van der Waals surface area contributed by atoms with Gasteiger partial charge in [-0.1, -0.05) is 55.5 Å². The third kappa shape index (κ3) is 4.25. The van der Waals surface area contributed by atoms with Gasteiger partial charge in [0, 0.05) is 29.9 Å². The molecule has 2 aromatic carbocycles. The maximum absolute atomic E-state index is 11.9. The Hall–Kier alpha value is -2.65. The number of aromatic amines is 1. The quantitative estimate of drug-likeness (QED) is 0.710. The maximum Gasteiger partial charge on any atom is 0.251 e. The summed E-state index contributed by atoms with van der Waals surface area (Å²) in [7, 11) is 0. The lowest BCUT2D eigenvalue weighted by Gasteiger charge is -2.11. The van der Waals surface area contributed by atoms with E-state index in [1.165, 1.54) is 11.1 Å². The van der Waals surface area contributed by atoms with Crippen LogP contribution in [0.25, 0.3) is 11.1 Å². The van der Waals surface area contributed by atoms with Crippen LogP contribution in [-0.4, -0.2) is 4.98 Å². The molecular formula is C22H24N2O. The number of hydrogen-bond donors (Lipinski definition) is 2. The summed E-state index contributed by atoms with van der Waals surface area (Å²) in [6.45, 7) is 5.62. The first-order valence-corrected chi connectivity index (χ1v) is 8.74. The average Bonchev–Trinajstić information content (AvgIpc) is 2.63. The van der Waals surface area contributed by atoms with Crippen LogP contribution in [-0.2, 0) is 19.5 Å². The number of aryl methyl sites for hydroxylation is 2. The van der Waals surface area contributed by atoms with E-state index < -0.39 is 0 Å². The molecule has 25 heavy (non-hydrogen) atoms. The minimum atomic E-state index is 0.0180. The average molecular weight is 332 g/mol. The fourth-order valence-corrected chi connectivity index (χ4v) is 3.02. The number of benzene rings is 2. The number of nitrogens with one attached hydrogen (secondary N) is 2. The Morgan fingerprint density at radius 2 is 1.64 bits per heavy atom. The number of aromatic nitrogens is 1. The van der Waals surface area contributed by atoms with E-state index in [0.29, 0.717) is 0 Å². The molecule has 2 N–H and O–H groups in total. The van der Waals surface area contributed by atoms with Gasteiger partial charge < -0.3 is 10.3 Å². The van der Waals surface area contributed by atoms with Gasteiger partial charge in [-0.15, -0.1) is 0 Å². The lowest BCUT2D eigenvalue weighted by Crippen LogP contribution is -2.14. The fraction of sp³-hybridized carbons (Fsp3) is 0.227. The van der Waals surface area contributed by atoms with Crippen molar-refractivity contribution in [1.29, 1.82) is 0 Å². The number of pyridine rings is 1. The first-order valence-electron chi connectivity index (χ1n) is 8.74. The Morgan fingerprint density at radius 1 is 0.920 bits per heavy atom. The molecule has 3 heteroatoms. The Labute approximate surface area is 148 Å². The summed E-state index contributed by atoms with van der Waals surface area (Å²) in [5, 5.41) is 3.49. The molecule has 0 saturated carbocycles. The summed E-state index contributed by atoms with van der Waals surface area (Å²) >= 11 is 0. The Balaban J connectivity index is 1.76. The van der Waals surface area contributed by atoms with E-state index in [4.69, 9.17) is 0 Å². The lowest BCUT2D eigenvalue weighted by molar-refractivity contribution is 0.693. The van der Waals surface area contributed by atoms with Crippen molar-refractivity contribution in [3.05, 3.63) is 93.4 Å². The van der Waals surface area contributed by atoms with E-state index in [-0.39, 0.29) is 5.56 Å². The largest absolute Gasteiger partial charge is 0.326 e. The van der Waals surface area contributed by atoms with Crippen LogP contribution in [0, 0.1) is 6.92 Å². The summed E-state index contributed by atoms with van der Waals surface area (Å²) in [5.41, 5.74) is 6.51. The van der Waals surface area contributed by atoms with Crippen molar-refractivity contribution >= 4 is 0 Å². The highest BCUT2D eigenvalue weighted by Gasteiger charge is 2.07. The van der Waals surface area contributed by atoms with Gasteiger partial charge in [-0.2, -0.15) is 0 Å². The van der Waals surface area contributed by atoms with Crippen molar-refractivity contribution in [3.8, 4) is 11.1 Å². The van der Waals surface area contributed by atoms with Crippen molar-refractivity contribution < 1.29 is 0 Å².